The van der Waals surface area contributed by atoms with E-state index in [1.807, 2.05) is 6.92 Å². The van der Waals surface area contributed by atoms with Gasteiger partial charge in [0.15, 0.2) is 0 Å². The van der Waals surface area contributed by atoms with Crippen molar-refractivity contribution in [3.63, 3.8) is 0 Å². The summed E-state index contributed by atoms with van der Waals surface area (Å²) >= 11 is 0. The number of ether oxygens (including phenoxy) is 1. The molecule has 0 bridgehead atoms. The quantitative estimate of drug-likeness (QED) is 0.784. The highest BCUT2D eigenvalue weighted by molar-refractivity contribution is 4.95. The maximum atomic E-state index is 12.1. The average Bonchev–Trinajstić information content (AvgIpc) is 2.38. The normalized spacial score (nSPS) is 28.1. The molecule has 1 aliphatic rings. The van der Waals surface area contributed by atoms with Gasteiger partial charge >= 0.3 is 6.36 Å². The standard InChI is InChI=1S/C14H27F3N2O/c1-3-8-19(9-10-20-14(15,16)17)13(11-18)6-4-12(2)5-7-13/h12H,3-11,18H2,1-2H3. The van der Waals surface area contributed by atoms with E-state index in [-0.39, 0.29) is 12.1 Å². The van der Waals surface area contributed by atoms with Crippen LogP contribution in [0.15, 0.2) is 0 Å². The average molecular weight is 296 g/mol. The van der Waals surface area contributed by atoms with Crippen LogP contribution in [-0.4, -0.2) is 43.0 Å². The Bertz CT molecular complexity index is 276. The van der Waals surface area contributed by atoms with Gasteiger partial charge in [-0.25, -0.2) is 0 Å². The third-order valence-corrected chi connectivity index (χ3v) is 4.38. The van der Waals surface area contributed by atoms with Gasteiger partial charge < -0.3 is 5.73 Å². The zero-order valence-electron chi connectivity index (χ0n) is 12.5. The van der Waals surface area contributed by atoms with Crippen molar-refractivity contribution in [3.8, 4) is 0 Å². The molecule has 0 unspecified atom stereocenters. The van der Waals surface area contributed by atoms with E-state index >= 15 is 0 Å². The molecule has 20 heavy (non-hydrogen) atoms. The van der Waals surface area contributed by atoms with Gasteiger partial charge in [0.25, 0.3) is 0 Å². The van der Waals surface area contributed by atoms with Gasteiger partial charge in [0.1, 0.15) is 0 Å². The Labute approximate surface area is 119 Å². The second kappa shape index (κ2) is 7.61. The van der Waals surface area contributed by atoms with Gasteiger partial charge in [-0.1, -0.05) is 13.8 Å². The van der Waals surface area contributed by atoms with Crippen LogP contribution in [0, 0.1) is 5.92 Å². The summed E-state index contributed by atoms with van der Waals surface area (Å²) < 4.78 is 40.2. The summed E-state index contributed by atoms with van der Waals surface area (Å²) in [6.07, 6.45) is 0.487. The van der Waals surface area contributed by atoms with Crippen LogP contribution in [0.2, 0.25) is 0 Å². The van der Waals surface area contributed by atoms with Crippen molar-refractivity contribution in [3.05, 3.63) is 0 Å². The highest BCUT2D eigenvalue weighted by atomic mass is 19.4. The molecule has 0 aromatic heterocycles. The van der Waals surface area contributed by atoms with Gasteiger partial charge in [-0.3, -0.25) is 9.64 Å². The van der Waals surface area contributed by atoms with Crippen molar-refractivity contribution in [1.82, 2.24) is 4.90 Å². The summed E-state index contributed by atoms with van der Waals surface area (Å²) in [6, 6.07) is 0. The van der Waals surface area contributed by atoms with Crippen LogP contribution in [0.25, 0.3) is 0 Å². The van der Waals surface area contributed by atoms with E-state index in [0.717, 1.165) is 38.6 Å². The number of rotatable bonds is 7. The monoisotopic (exact) mass is 296 g/mol. The molecule has 0 saturated heterocycles. The Morgan fingerprint density at radius 3 is 2.30 bits per heavy atom. The molecule has 2 N–H and O–H groups in total. The minimum Gasteiger partial charge on any atom is -0.329 e. The molecule has 1 fully saturated rings. The molecule has 0 spiro atoms. The molecule has 1 aliphatic carbocycles. The molecular weight excluding hydrogens is 269 g/mol. The largest absolute Gasteiger partial charge is 0.522 e. The van der Waals surface area contributed by atoms with Gasteiger partial charge in [0.2, 0.25) is 0 Å². The van der Waals surface area contributed by atoms with Crippen LogP contribution in [0.3, 0.4) is 0 Å². The molecule has 6 heteroatoms. The van der Waals surface area contributed by atoms with Gasteiger partial charge in [-0.05, 0) is 44.6 Å². The number of nitrogens with zero attached hydrogens (tertiary/aromatic N) is 1. The summed E-state index contributed by atoms with van der Waals surface area (Å²) in [6.45, 7) is 5.50. The molecular formula is C14H27F3N2O. The SMILES string of the molecule is CCCN(CCOC(F)(F)F)C1(CN)CCC(C)CC1. The molecule has 0 aromatic rings. The van der Waals surface area contributed by atoms with E-state index in [1.54, 1.807) is 0 Å². The van der Waals surface area contributed by atoms with Crippen LogP contribution in [0.4, 0.5) is 13.2 Å². The second-order valence-electron chi connectivity index (χ2n) is 5.89. The van der Waals surface area contributed by atoms with Crippen molar-refractivity contribution in [2.24, 2.45) is 11.7 Å². The Balaban J connectivity index is 2.62. The lowest BCUT2D eigenvalue weighted by molar-refractivity contribution is -0.325. The van der Waals surface area contributed by atoms with E-state index in [0.29, 0.717) is 19.0 Å². The number of hydrogen-bond donors (Lipinski definition) is 1. The zero-order valence-corrected chi connectivity index (χ0v) is 12.5. The smallest absolute Gasteiger partial charge is 0.329 e. The van der Waals surface area contributed by atoms with Crippen molar-refractivity contribution in [2.45, 2.75) is 57.9 Å². The maximum absolute atomic E-state index is 12.1. The Hall–Kier alpha value is -0.330. The topological polar surface area (TPSA) is 38.5 Å². The lowest BCUT2D eigenvalue weighted by Crippen LogP contribution is -2.56. The fraction of sp³-hybridized carbons (Fsp3) is 1.00. The molecule has 0 amide bonds. The molecule has 3 nitrogen and oxygen atoms in total. The molecule has 0 atom stereocenters. The fourth-order valence-corrected chi connectivity index (χ4v) is 3.08. The highest BCUT2D eigenvalue weighted by Crippen LogP contribution is 2.36. The molecule has 0 heterocycles. The van der Waals surface area contributed by atoms with Crippen LogP contribution in [0.1, 0.15) is 46.0 Å². The van der Waals surface area contributed by atoms with Gasteiger partial charge in [-0.2, -0.15) is 0 Å². The number of nitrogens with two attached hydrogens (primary N) is 1. The summed E-state index contributed by atoms with van der Waals surface area (Å²) in [7, 11) is 0. The first-order chi connectivity index (χ1) is 9.33. The van der Waals surface area contributed by atoms with Crippen molar-refractivity contribution >= 4 is 0 Å². The van der Waals surface area contributed by atoms with Gasteiger partial charge in [0.05, 0.1) is 6.61 Å². The molecule has 0 aliphatic heterocycles. The van der Waals surface area contributed by atoms with Gasteiger partial charge in [0, 0.05) is 18.6 Å². The van der Waals surface area contributed by atoms with Crippen LogP contribution < -0.4 is 5.73 Å². The van der Waals surface area contributed by atoms with Crippen molar-refractivity contribution < 1.29 is 17.9 Å². The minimum atomic E-state index is -4.55. The Morgan fingerprint density at radius 1 is 1.25 bits per heavy atom. The van der Waals surface area contributed by atoms with E-state index in [2.05, 4.69) is 16.6 Å². The fourth-order valence-electron chi connectivity index (χ4n) is 3.08. The van der Waals surface area contributed by atoms with Crippen molar-refractivity contribution in [1.29, 1.82) is 0 Å². The van der Waals surface area contributed by atoms with E-state index in [4.69, 9.17) is 5.73 Å². The summed E-state index contributed by atoms with van der Waals surface area (Å²) in [5, 5.41) is 0. The van der Waals surface area contributed by atoms with E-state index in [9.17, 15) is 13.2 Å². The lowest BCUT2D eigenvalue weighted by Gasteiger charge is -2.47. The first-order valence-corrected chi connectivity index (χ1v) is 7.49. The molecule has 1 saturated carbocycles. The Kier molecular flexibility index (Phi) is 6.75. The number of halogens is 3. The zero-order chi connectivity index (χ0) is 15.2. The molecule has 120 valence electrons. The van der Waals surface area contributed by atoms with E-state index in [1.165, 1.54) is 0 Å². The second-order valence-corrected chi connectivity index (χ2v) is 5.89. The Morgan fingerprint density at radius 2 is 1.85 bits per heavy atom. The highest BCUT2D eigenvalue weighted by Gasteiger charge is 2.38. The van der Waals surface area contributed by atoms with Gasteiger partial charge in [-0.15, -0.1) is 13.2 Å². The maximum Gasteiger partial charge on any atom is 0.522 e. The molecule has 0 radical (unpaired) electrons. The van der Waals surface area contributed by atoms with E-state index < -0.39 is 6.36 Å². The predicted octanol–water partition coefficient (Wildman–Crippen LogP) is 3.14. The van der Waals surface area contributed by atoms with Crippen LogP contribution >= 0.6 is 0 Å². The first kappa shape index (κ1) is 17.7. The van der Waals surface area contributed by atoms with Crippen molar-refractivity contribution in [2.75, 3.05) is 26.2 Å². The molecule has 1 rings (SSSR count). The number of hydrogen-bond acceptors (Lipinski definition) is 3. The first-order valence-electron chi connectivity index (χ1n) is 7.49. The van der Waals surface area contributed by atoms with Crippen LogP contribution in [0.5, 0.6) is 0 Å². The predicted molar refractivity (Wildman–Crippen MR) is 73.3 cm³/mol. The summed E-state index contributed by atoms with van der Waals surface area (Å²) in [5.41, 5.74) is 5.83. The molecule has 0 aromatic carbocycles. The third kappa shape index (κ3) is 5.22. The van der Waals surface area contributed by atoms with Crippen LogP contribution in [-0.2, 0) is 4.74 Å². The summed E-state index contributed by atoms with van der Waals surface area (Å²) in [4.78, 5) is 2.12. The third-order valence-electron chi connectivity index (χ3n) is 4.38. The minimum absolute atomic E-state index is 0.141. The lowest BCUT2D eigenvalue weighted by atomic mass is 9.76. The number of alkyl halides is 3. The summed E-state index contributed by atoms with van der Waals surface area (Å²) in [5.74, 6) is 0.685.